The lowest BCUT2D eigenvalue weighted by Gasteiger charge is -2.32. The molecule has 0 aromatic carbocycles. The van der Waals surface area contributed by atoms with Gasteiger partial charge in [-0.25, -0.2) is 0 Å². The van der Waals surface area contributed by atoms with Gasteiger partial charge in [0, 0.05) is 9.60 Å². The predicted octanol–water partition coefficient (Wildman–Crippen LogP) is 2.49. The smallest absolute Gasteiger partial charge is 0.403 e. The first-order chi connectivity index (χ1) is 8.06. The second-order valence-corrected chi connectivity index (χ2v) is 3.86. The molecule has 1 aliphatic heterocycles. The van der Waals surface area contributed by atoms with E-state index in [1.54, 1.807) is 27.7 Å². The van der Waals surface area contributed by atoms with Crippen molar-refractivity contribution in [3.8, 4) is 0 Å². The zero-order chi connectivity index (χ0) is 15.5. The van der Waals surface area contributed by atoms with Crippen molar-refractivity contribution in [3.05, 3.63) is 0 Å². The normalized spacial score (nSPS) is 38.3. The first kappa shape index (κ1) is 4.01. The molecule has 0 radical (unpaired) electrons. The minimum Gasteiger partial charge on any atom is -0.403 e. The van der Waals surface area contributed by atoms with Gasteiger partial charge < -0.3 is 9.31 Å². The monoisotopic (exact) mass is 177 g/mol. The molecule has 1 aliphatic rings. The quantitative estimate of drug-likeness (QED) is 0.603. The summed E-state index contributed by atoms with van der Waals surface area (Å²) in [5, 5.41) is 0. The van der Waals surface area contributed by atoms with Gasteiger partial charge in [-0.05, 0) is 34.0 Å². The van der Waals surface area contributed by atoms with Gasteiger partial charge in [-0.3, -0.25) is 0 Å². The maximum atomic E-state index is 7.82. The minimum absolute atomic E-state index is 0.851. The van der Waals surface area contributed by atoms with Gasteiger partial charge in [0.05, 0.1) is 11.2 Å². The summed E-state index contributed by atoms with van der Waals surface area (Å²) in [5.41, 5.74) is -1.70. The highest BCUT2D eigenvalue weighted by Crippen LogP contribution is 2.37. The summed E-state index contributed by atoms with van der Waals surface area (Å²) in [6.45, 7) is 3.64. The molecule has 1 fully saturated rings. The highest BCUT2D eigenvalue weighted by molar-refractivity contribution is 6.45. The lowest BCUT2D eigenvalue weighted by atomic mass is 9.84. The first-order valence-corrected chi connectivity index (χ1v) is 3.92. The zero-order valence-electron chi connectivity index (χ0n) is 14.9. The molecule has 0 unspecified atom stereocenters. The van der Waals surface area contributed by atoms with Crippen LogP contribution in [-0.4, -0.2) is 18.3 Å². The molecule has 1 rings (SSSR count). The molecule has 12 heavy (non-hydrogen) atoms. The van der Waals surface area contributed by atoms with E-state index in [-0.39, 0.29) is 0 Å². The van der Waals surface area contributed by atoms with Crippen molar-refractivity contribution in [2.75, 3.05) is 0 Å². The fraction of sp³-hybridized carbons (Fsp3) is 1.00. The second-order valence-electron chi connectivity index (χ2n) is 3.86. The van der Waals surface area contributed by atoms with E-state index in [4.69, 9.17) is 18.9 Å². The molecule has 0 atom stereocenters. The summed E-state index contributed by atoms with van der Waals surface area (Å²) in [6, 6.07) is 0. The molecular formula is C9H19BO2. The molecule has 2 nitrogen and oxygen atoms in total. The van der Waals surface area contributed by atoms with Gasteiger partial charge in [-0.1, -0.05) is 13.2 Å². The maximum Gasteiger partial charge on any atom is 0.457 e. The van der Waals surface area contributed by atoms with E-state index in [1.807, 2.05) is 0 Å². The van der Waals surface area contributed by atoms with Crippen LogP contribution in [0.2, 0.25) is 6.27 Å². The van der Waals surface area contributed by atoms with E-state index in [2.05, 4.69) is 0 Å². The van der Waals surface area contributed by atoms with Gasteiger partial charge in [0.2, 0.25) is 0 Å². The molecule has 1 saturated heterocycles. The molecule has 0 aliphatic carbocycles. The summed E-state index contributed by atoms with van der Waals surface area (Å²) in [4.78, 5) is 0. The molecule has 0 aromatic rings. The standard InChI is InChI=1S/C9H19BO2/c1-6-7-10-11-8(2,3)9(4,5)12-10/h6-7H2,1-5H3/i1D3,6D2,7D2. The Balaban J connectivity index is 3.11. The third kappa shape index (κ3) is 1.67. The van der Waals surface area contributed by atoms with E-state index in [9.17, 15) is 0 Å². The van der Waals surface area contributed by atoms with Crippen molar-refractivity contribution >= 4 is 7.12 Å². The molecule has 70 valence electrons. The zero-order valence-corrected chi connectivity index (χ0v) is 7.89. The Kier molecular flexibility index (Phi) is 1.02. The van der Waals surface area contributed by atoms with Crippen LogP contribution in [-0.2, 0) is 9.31 Å². The number of rotatable bonds is 2. The van der Waals surface area contributed by atoms with Crippen molar-refractivity contribution in [2.24, 2.45) is 0 Å². The largest absolute Gasteiger partial charge is 0.457 e. The molecule has 1 heterocycles. The lowest BCUT2D eigenvalue weighted by molar-refractivity contribution is 0.00578. The van der Waals surface area contributed by atoms with Crippen LogP contribution in [0.25, 0.3) is 0 Å². The van der Waals surface area contributed by atoms with Crippen molar-refractivity contribution in [2.45, 2.75) is 58.4 Å². The Labute approximate surface area is 85.6 Å². The third-order valence-corrected chi connectivity index (χ3v) is 2.44. The Morgan fingerprint density at radius 3 is 2.17 bits per heavy atom. The maximum absolute atomic E-state index is 7.82. The fourth-order valence-corrected chi connectivity index (χ4v) is 0.961. The van der Waals surface area contributed by atoms with E-state index < -0.39 is 37.8 Å². The molecule has 0 aromatic heterocycles. The fourth-order valence-electron chi connectivity index (χ4n) is 0.961. The number of hydrogen-bond acceptors (Lipinski definition) is 2. The predicted molar refractivity (Wildman–Crippen MR) is 51.2 cm³/mol. The molecule has 3 heteroatoms. The van der Waals surface area contributed by atoms with Crippen LogP contribution < -0.4 is 0 Å². The van der Waals surface area contributed by atoms with Crippen molar-refractivity contribution in [3.63, 3.8) is 0 Å². The van der Waals surface area contributed by atoms with Gasteiger partial charge in [-0.2, -0.15) is 0 Å². The summed E-state index contributed by atoms with van der Waals surface area (Å²) in [6.07, 6.45) is -5.88. The van der Waals surface area contributed by atoms with E-state index in [0.717, 1.165) is 0 Å². The second kappa shape index (κ2) is 3.04. The molecule has 0 N–H and O–H groups in total. The topological polar surface area (TPSA) is 18.5 Å². The van der Waals surface area contributed by atoms with Crippen LogP contribution in [0.1, 0.15) is 50.5 Å². The summed E-state index contributed by atoms with van der Waals surface area (Å²) >= 11 is 0. The first-order valence-electron chi connectivity index (χ1n) is 7.42. The van der Waals surface area contributed by atoms with E-state index >= 15 is 0 Å². The average Bonchev–Trinajstić information content (AvgIpc) is 2.34. The van der Waals surface area contributed by atoms with Gasteiger partial charge in [-0.15, -0.1) is 0 Å². The molecule has 0 amide bonds. The SMILES string of the molecule is [2H]C([2H])([2H])C([2H])([2H])C([2H])([2H])B1OC(C)(C)C(C)(C)O1. The average molecular weight is 177 g/mol. The van der Waals surface area contributed by atoms with E-state index in [1.165, 1.54) is 0 Å². The molecule has 0 bridgehead atoms. The summed E-state index contributed by atoms with van der Waals surface area (Å²) in [5.74, 6) is 0. The van der Waals surface area contributed by atoms with E-state index in [0.29, 0.717) is 0 Å². The highest BCUT2D eigenvalue weighted by Gasteiger charge is 2.50. The van der Waals surface area contributed by atoms with Crippen LogP contribution in [0.4, 0.5) is 0 Å². The van der Waals surface area contributed by atoms with Crippen LogP contribution in [0.3, 0.4) is 0 Å². The van der Waals surface area contributed by atoms with Crippen LogP contribution in [0.5, 0.6) is 0 Å². The van der Waals surface area contributed by atoms with Gasteiger partial charge in [0.15, 0.2) is 0 Å². The molecular weight excluding hydrogens is 151 g/mol. The number of hydrogen-bond donors (Lipinski definition) is 0. The van der Waals surface area contributed by atoms with Gasteiger partial charge >= 0.3 is 7.12 Å². The van der Waals surface area contributed by atoms with Crippen molar-refractivity contribution < 1.29 is 18.9 Å². The lowest BCUT2D eigenvalue weighted by Crippen LogP contribution is -2.41. The third-order valence-electron chi connectivity index (χ3n) is 2.44. The van der Waals surface area contributed by atoms with Gasteiger partial charge in [0.25, 0.3) is 0 Å². The Bertz CT molecular complexity index is 348. The van der Waals surface area contributed by atoms with Gasteiger partial charge in [0.1, 0.15) is 0 Å². The van der Waals surface area contributed by atoms with Crippen molar-refractivity contribution in [1.29, 1.82) is 0 Å². The Morgan fingerprint density at radius 1 is 1.25 bits per heavy atom. The molecule has 0 spiro atoms. The molecule has 0 saturated carbocycles. The van der Waals surface area contributed by atoms with Crippen LogP contribution >= 0.6 is 0 Å². The minimum atomic E-state index is -3.11. The van der Waals surface area contributed by atoms with Crippen LogP contribution in [0, 0.1) is 0 Å². The Morgan fingerprint density at radius 2 is 1.75 bits per heavy atom. The summed E-state index contributed by atoms with van der Waals surface area (Å²) in [7, 11) is -1.58. The summed E-state index contributed by atoms with van der Waals surface area (Å²) < 4.78 is 63.1. The highest BCUT2D eigenvalue weighted by atomic mass is 16.7. The van der Waals surface area contributed by atoms with Crippen LogP contribution in [0.15, 0.2) is 0 Å². The van der Waals surface area contributed by atoms with Crippen molar-refractivity contribution in [1.82, 2.24) is 0 Å². The Hall–Kier alpha value is -0.0151.